The number of hydrogen-bond acceptors (Lipinski definition) is 7. The van der Waals surface area contributed by atoms with Crippen molar-refractivity contribution < 1.29 is 27.2 Å². The average molecular weight is 610 g/mol. The van der Waals surface area contributed by atoms with E-state index in [4.69, 9.17) is 9.15 Å². The maximum atomic E-state index is 14.1. The van der Waals surface area contributed by atoms with Crippen LogP contribution in [-0.4, -0.2) is 29.7 Å². The fourth-order valence-electron chi connectivity index (χ4n) is 5.53. The van der Waals surface area contributed by atoms with Gasteiger partial charge >= 0.3 is 0 Å². The van der Waals surface area contributed by atoms with Crippen molar-refractivity contribution in [2.24, 2.45) is 0 Å². The summed E-state index contributed by atoms with van der Waals surface area (Å²) in [4.78, 5) is 30.1. The van der Waals surface area contributed by atoms with Gasteiger partial charge in [-0.2, -0.15) is 0 Å². The van der Waals surface area contributed by atoms with E-state index in [1.54, 1.807) is 48.9 Å². The van der Waals surface area contributed by atoms with Crippen molar-refractivity contribution in [2.75, 3.05) is 0 Å². The molecule has 0 spiro atoms. The van der Waals surface area contributed by atoms with Gasteiger partial charge in [0.1, 0.15) is 17.6 Å². The fraction of sp³-hybridized carbons (Fsp3) is 0.206. The van der Waals surface area contributed by atoms with Crippen molar-refractivity contribution in [3.63, 3.8) is 0 Å². The van der Waals surface area contributed by atoms with Crippen LogP contribution >= 0.6 is 0 Å². The van der Waals surface area contributed by atoms with Crippen molar-refractivity contribution in [1.29, 1.82) is 0 Å². The Hall–Kier alpha value is -4.96. The van der Waals surface area contributed by atoms with Crippen molar-refractivity contribution >= 4 is 21.5 Å². The Labute approximate surface area is 255 Å². The molecular formula is C34H31N3O6S. The van der Waals surface area contributed by atoms with Gasteiger partial charge in [-0.15, -0.1) is 0 Å². The number of ketones is 1. The third-order valence-corrected chi connectivity index (χ3v) is 9.39. The largest absolute Gasteiger partial charge is 0.484 e. The first-order chi connectivity index (χ1) is 21.4. The van der Waals surface area contributed by atoms with Gasteiger partial charge in [-0.3, -0.25) is 9.59 Å². The van der Waals surface area contributed by atoms with Crippen LogP contribution in [0.4, 0.5) is 0 Å². The molecule has 1 aliphatic carbocycles. The van der Waals surface area contributed by atoms with E-state index in [2.05, 4.69) is 10.3 Å². The van der Waals surface area contributed by atoms with Crippen LogP contribution in [0.25, 0.3) is 0 Å². The van der Waals surface area contributed by atoms with Crippen molar-refractivity contribution in [2.45, 2.75) is 49.1 Å². The standard InChI is InChI=1S/C34H31N3O6S/c38-30-13-6-12-26-27(30)15-16-31(43-32(21-37-18-17-35-23-37)24-8-2-1-3-9-24)29(26)22-44(40,41)33-14-5-4-11-28(33)34(39)36-20-25-10-7-19-42-25/h1-5,7-11,14-19,23,32H,6,12-13,20-22H2,(H,36,39)/t32-/m1/s1. The predicted octanol–water partition coefficient (Wildman–Crippen LogP) is 5.72. The molecule has 1 N–H and O–H groups in total. The molecule has 9 nitrogen and oxygen atoms in total. The average Bonchev–Trinajstić information content (AvgIpc) is 3.76. The number of Topliss-reactive ketones (excluding diaryl/α,β-unsaturated/α-hetero) is 1. The minimum Gasteiger partial charge on any atom is -0.484 e. The second kappa shape index (κ2) is 12.7. The molecule has 5 aromatic rings. The third kappa shape index (κ3) is 6.35. The minimum atomic E-state index is -4.08. The van der Waals surface area contributed by atoms with E-state index in [0.717, 1.165) is 5.56 Å². The number of aromatic nitrogens is 2. The molecule has 224 valence electrons. The Morgan fingerprint density at radius 1 is 1.00 bits per heavy atom. The molecule has 2 aromatic heterocycles. The fourth-order valence-corrected chi connectivity index (χ4v) is 7.17. The highest BCUT2D eigenvalue weighted by Gasteiger charge is 2.30. The number of nitrogens with one attached hydrogen (secondary N) is 1. The van der Waals surface area contributed by atoms with Crippen LogP contribution < -0.4 is 10.1 Å². The Kier molecular flexibility index (Phi) is 8.42. The number of hydrogen-bond donors (Lipinski definition) is 1. The van der Waals surface area contributed by atoms with E-state index in [1.807, 2.05) is 41.1 Å². The summed E-state index contributed by atoms with van der Waals surface area (Å²) in [5, 5.41) is 2.74. The summed E-state index contributed by atoms with van der Waals surface area (Å²) in [5.41, 5.74) is 2.57. The van der Waals surface area contributed by atoms with Crippen molar-refractivity contribution in [1.82, 2.24) is 14.9 Å². The topological polar surface area (TPSA) is 120 Å². The molecule has 1 aliphatic rings. The van der Waals surface area contributed by atoms with Crippen LogP contribution in [0.1, 0.15) is 62.1 Å². The van der Waals surface area contributed by atoms with E-state index < -0.39 is 27.6 Å². The third-order valence-electron chi connectivity index (χ3n) is 7.70. The van der Waals surface area contributed by atoms with E-state index in [0.29, 0.717) is 54.0 Å². The molecule has 0 aliphatic heterocycles. The molecule has 0 unspecified atom stereocenters. The molecule has 10 heteroatoms. The lowest BCUT2D eigenvalue weighted by Crippen LogP contribution is -2.25. The van der Waals surface area contributed by atoms with Crippen LogP contribution in [0.15, 0.2) is 113 Å². The second-order valence-electron chi connectivity index (χ2n) is 10.6. The first-order valence-electron chi connectivity index (χ1n) is 14.4. The number of ether oxygens (including phenoxy) is 1. The molecule has 0 saturated carbocycles. The summed E-state index contributed by atoms with van der Waals surface area (Å²) in [5.74, 6) is -0.0622. The summed E-state index contributed by atoms with van der Waals surface area (Å²) >= 11 is 0. The van der Waals surface area contributed by atoms with Crippen molar-refractivity contribution in [3.8, 4) is 5.75 Å². The molecule has 0 fully saturated rings. The van der Waals surface area contributed by atoms with E-state index in [1.165, 1.54) is 18.4 Å². The lowest BCUT2D eigenvalue weighted by molar-refractivity contribution is 0.0942. The molecule has 0 radical (unpaired) electrons. The van der Waals surface area contributed by atoms with Gasteiger partial charge in [0.05, 0.1) is 41.9 Å². The molecule has 6 rings (SSSR count). The smallest absolute Gasteiger partial charge is 0.252 e. The Morgan fingerprint density at radius 3 is 2.59 bits per heavy atom. The van der Waals surface area contributed by atoms with Gasteiger partial charge in [0, 0.05) is 29.9 Å². The number of fused-ring (bicyclic) bond motifs is 1. The maximum absolute atomic E-state index is 14.1. The van der Waals surface area contributed by atoms with Gasteiger partial charge in [-0.25, -0.2) is 13.4 Å². The minimum absolute atomic E-state index is 0.0211. The summed E-state index contributed by atoms with van der Waals surface area (Å²) in [6.07, 6.45) is 7.83. The Morgan fingerprint density at radius 2 is 1.82 bits per heavy atom. The van der Waals surface area contributed by atoms with Crippen LogP contribution in [0, 0.1) is 0 Å². The van der Waals surface area contributed by atoms with Crippen LogP contribution in [0.3, 0.4) is 0 Å². The molecule has 1 atom stereocenters. The number of rotatable bonds is 11. The zero-order chi connectivity index (χ0) is 30.5. The highest BCUT2D eigenvalue weighted by Crippen LogP contribution is 2.37. The maximum Gasteiger partial charge on any atom is 0.252 e. The molecular weight excluding hydrogens is 578 g/mol. The van der Waals surface area contributed by atoms with E-state index >= 15 is 0 Å². The van der Waals surface area contributed by atoms with Gasteiger partial charge in [0.2, 0.25) is 0 Å². The van der Waals surface area contributed by atoms with Gasteiger partial charge in [-0.1, -0.05) is 42.5 Å². The predicted molar refractivity (Wildman–Crippen MR) is 163 cm³/mol. The number of furan rings is 1. The van der Waals surface area contributed by atoms with Crippen LogP contribution in [0.5, 0.6) is 5.75 Å². The number of amides is 1. The highest BCUT2D eigenvalue weighted by molar-refractivity contribution is 7.90. The zero-order valence-electron chi connectivity index (χ0n) is 23.9. The molecule has 0 bridgehead atoms. The van der Waals surface area contributed by atoms with Crippen LogP contribution in [0.2, 0.25) is 0 Å². The van der Waals surface area contributed by atoms with Crippen molar-refractivity contribution in [3.05, 3.63) is 137 Å². The number of imidazole rings is 1. The lowest BCUT2D eigenvalue weighted by atomic mass is 9.87. The number of carbonyl (C=O) groups excluding carboxylic acids is 2. The Balaban J connectivity index is 1.37. The summed E-state index contributed by atoms with van der Waals surface area (Å²) in [6, 6.07) is 22.7. The molecule has 2 heterocycles. The number of benzene rings is 3. The van der Waals surface area contributed by atoms with Gasteiger partial charge in [0.15, 0.2) is 15.6 Å². The van der Waals surface area contributed by atoms with E-state index in [-0.39, 0.29) is 22.8 Å². The highest BCUT2D eigenvalue weighted by atomic mass is 32.2. The summed E-state index contributed by atoms with van der Waals surface area (Å²) < 4.78 is 42.1. The summed E-state index contributed by atoms with van der Waals surface area (Å²) in [7, 11) is -4.08. The van der Waals surface area contributed by atoms with Crippen LogP contribution in [-0.2, 0) is 35.1 Å². The van der Waals surface area contributed by atoms with Gasteiger partial charge in [0.25, 0.3) is 5.91 Å². The Bertz CT molecular complexity index is 1870. The number of sulfone groups is 1. The molecule has 3 aromatic carbocycles. The number of nitrogens with zero attached hydrogens (tertiary/aromatic N) is 2. The first kappa shape index (κ1) is 29.1. The molecule has 0 saturated heterocycles. The van der Waals surface area contributed by atoms with Gasteiger partial charge in [-0.05, 0) is 60.4 Å². The zero-order valence-corrected chi connectivity index (χ0v) is 24.7. The molecule has 44 heavy (non-hydrogen) atoms. The normalized spacial score (nSPS) is 13.7. The van der Waals surface area contributed by atoms with E-state index in [9.17, 15) is 18.0 Å². The molecule has 1 amide bonds. The lowest BCUT2D eigenvalue weighted by Gasteiger charge is -2.26. The first-order valence-corrected chi connectivity index (χ1v) is 16.0. The summed E-state index contributed by atoms with van der Waals surface area (Å²) in [6.45, 7) is 0.551. The second-order valence-corrected chi connectivity index (χ2v) is 12.6. The van der Waals surface area contributed by atoms with Gasteiger partial charge < -0.3 is 19.0 Å². The number of carbonyl (C=O) groups is 2. The monoisotopic (exact) mass is 609 g/mol. The quantitative estimate of drug-likeness (QED) is 0.203. The SMILES string of the molecule is O=C(NCc1ccco1)c1ccccc1S(=O)(=O)Cc1c(O[C@H](Cn2ccnc2)c2ccccc2)ccc2c1CCCC2=O.